The molecule has 0 saturated carbocycles. The summed E-state index contributed by atoms with van der Waals surface area (Å²) in [5, 5.41) is 11.8. The predicted octanol–water partition coefficient (Wildman–Crippen LogP) is 2.51. The monoisotopic (exact) mass is 317 g/mol. The van der Waals surface area contributed by atoms with Gasteiger partial charge in [0.15, 0.2) is 0 Å². The molecule has 23 heavy (non-hydrogen) atoms. The Morgan fingerprint density at radius 1 is 1.30 bits per heavy atom. The standard InChI is InChI=1S/C18H23NO4/c1-13(17(20)19-2)11-15(18(21)22)9-10-16(12-23-3)14-7-5-4-6-8-14/h4-9,11,16H,10,12H2,1-3H3,(H,19,20)(H,21,22)/b13-11+,15-9+. The summed E-state index contributed by atoms with van der Waals surface area (Å²) in [4.78, 5) is 22.9. The second-order valence-corrected chi connectivity index (χ2v) is 5.17. The molecule has 0 aliphatic heterocycles. The van der Waals surface area contributed by atoms with Crippen molar-refractivity contribution >= 4 is 11.9 Å². The highest BCUT2D eigenvalue weighted by Crippen LogP contribution is 2.21. The fraction of sp³-hybridized carbons (Fsp3) is 0.333. The fourth-order valence-corrected chi connectivity index (χ4v) is 2.20. The lowest BCUT2D eigenvalue weighted by Gasteiger charge is -2.14. The van der Waals surface area contributed by atoms with Gasteiger partial charge in [0.1, 0.15) is 0 Å². The molecule has 0 aromatic heterocycles. The van der Waals surface area contributed by atoms with Crippen LogP contribution in [0.2, 0.25) is 0 Å². The van der Waals surface area contributed by atoms with Crippen molar-refractivity contribution in [3.8, 4) is 0 Å². The van der Waals surface area contributed by atoms with Gasteiger partial charge in [-0.1, -0.05) is 36.4 Å². The van der Waals surface area contributed by atoms with Crippen molar-refractivity contribution in [2.75, 3.05) is 20.8 Å². The molecule has 0 heterocycles. The molecule has 0 radical (unpaired) electrons. The second-order valence-electron chi connectivity index (χ2n) is 5.17. The largest absolute Gasteiger partial charge is 0.478 e. The Labute approximate surface area is 136 Å². The van der Waals surface area contributed by atoms with E-state index in [0.717, 1.165) is 5.56 Å². The third-order valence-corrected chi connectivity index (χ3v) is 3.47. The quantitative estimate of drug-likeness (QED) is 0.570. The predicted molar refractivity (Wildman–Crippen MR) is 89.2 cm³/mol. The topological polar surface area (TPSA) is 75.6 Å². The molecule has 1 aromatic rings. The van der Waals surface area contributed by atoms with Crippen LogP contribution >= 0.6 is 0 Å². The molecule has 1 unspecified atom stereocenters. The molecule has 1 amide bonds. The first kappa shape index (κ1) is 18.6. The summed E-state index contributed by atoms with van der Waals surface area (Å²) in [6.45, 7) is 2.07. The van der Waals surface area contributed by atoms with Crippen molar-refractivity contribution in [2.24, 2.45) is 0 Å². The molecule has 5 nitrogen and oxygen atoms in total. The summed E-state index contributed by atoms with van der Waals surface area (Å²) in [5.74, 6) is -1.30. The van der Waals surface area contributed by atoms with Crippen LogP contribution in [0.5, 0.6) is 0 Å². The highest BCUT2D eigenvalue weighted by Gasteiger charge is 2.13. The molecule has 124 valence electrons. The molecule has 0 bridgehead atoms. The zero-order valence-electron chi connectivity index (χ0n) is 13.7. The maximum atomic E-state index is 11.5. The molecule has 0 saturated heterocycles. The molecule has 1 aromatic carbocycles. The first-order valence-corrected chi connectivity index (χ1v) is 7.37. The van der Waals surface area contributed by atoms with Gasteiger partial charge in [-0.15, -0.1) is 0 Å². The zero-order chi connectivity index (χ0) is 17.2. The van der Waals surface area contributed by atoms with Gasteiger partial charge in [-0.3, -0.25) is 4.79 Å². The summed E-state index contributed by atoms with van der Waals surface area (Å²) in [5.41, 5.74) is 1.54. The number of ether oxygens (including phenoxy) is 1. The number of carbonyl (C=O) groups excluding carboxylic acids is 1. The van der Waals surface area contributed by atoms with Crippen molar-refractivity contribution in [1.29, 1.82) is 0 Å². The van der Waals surface area contributed by atoms with E-state index in [0.29, 0.717) is 18.6 Å². The van der Waals surface area contributed by atoms with Gasteiger partial charge in [0.05, 0.1) is 12.2 Å². The number of amides is 1. The summed E-state index contributed by atoms with van der Waals surface area (Å²) in [6, 6.07) is 9.79. The Bertz CT molecular complexity index is 590. The van der Waals surface area contributed by atoms with Gasteiger partial charge in [0.25, 0.3) is 0 Å². The highest BCUT2D eigenvalue weighted by molar-refractivity contribution is 5.97. The van der Waals surface area contributed by atoms with Crippen LogP contribution in [0.3, 0.4) is 0 Å². The van der Waals surface area contributed by atoms with Gasteiger partial charge in [-0.2, -0.15) is 0 Å². The maximum Gasteiger partial charge on any atom is 0.335 e. The number of aliphatic carboxylic acids is 1. The Balaban J connectivity index is 2.98. The molecule has 5 heteroatoms. The van der Waals surface area contributed by atoms with Gasteiger partial charge < -0.3 is 15.2 Å². The van der Waals surface area contributed by atoms with E-state index in [1.165, 1.54) is 13.1 Å². The van der Waals surface area contributed by atoms with Crippen molar-refractivity contribution in [3.05, 3.63) is 59.2 Å². The molecule has 0 fully saturated rings. The number of carboxylic acid groups (broad SMARTS) is 1. The number of carboxylic acids is 1. The van der Waals surface area contributed by atoms with Crippen LogP contribution < -0.4 is 5.32 Å². The van der Waals surface area contributed by atoms with E-state index in [-0.39, 0.29) is 17.4 Å². The second kappa shape index (κ2) is 9.58. The van der Waals surface area contributed by atoms with E-state index in [4.69, 9.17) is 4.74 Å². The number of hydrogen-bond donors (Lipinski definition) is 2. The number of benzene rings is 1. The van der Waals surface area contributed by atoms with E-state index in [1.54, 1.807) is 20.1 Å². The van der Waals surface area contributed by atoms with Crippen LogP contribution in [-0.2, 0) is 14.3 Å². The number of allylic oxidation sites excluding steroid dienone is 1. The van der Waals surface area contributed by atoms with E-state index in [1.807, 2.05) is 30.3 Å². The SMILES string of the molecule is CNC(=O)/C(C)=C/C(=C\CC(COC)c1ccccc1)C(=O)O. The first-order chi connectivity index (χ1) is 11.0. The summed E-state index contributed by atoms with van der Waals surface area (Å²) >= 11 is 0. The van der Waals surface area contributed by atoms with Gasteiger partial charge in [0, 0.05) is 25.6 Å². The van der Waals surface area contributed by atoms with Crippen LogP contribution in [0.15, 0.2) is 53.6 Å². The van der Waals surface area contributed by atoms with E-state index < -0.39 is 5.97 Å². The Hall–Kier alpha value is -2.40. The highest BCUT2D eigenvalue weighted by atomic mass is 16.5. The first-order valence-electron chi connectivity index (χ1n) is 7.37. The smallest absolute Gasteiger partial charge is 0.335 e. The maximum absolute atomic E-state index is 11.5. The number of carbonyl (C=O) groups is 2. The molecule has 0 aliphatic rings. The van der Waals surface area contributed by atoms with Gasteiger partial charge in [-0.05, 0) is 25.0 Å². The van der Waals surface area contributed by atoms with Crippen LogP contribution in [0.4, 0.5) is 0 Å². The fourth-order valence-electron chi connectivity index (χ4n) is 2.20. The van der Waals surface area contributed by atoms with Crippen molar-refractivity contribution in [3.63, 3.8) is 0 Å². The number of rotatable bonds is 8. The molecule has 1 rings (SSSR count). The average molecular weight is 317 g/mol. The number of nitrogens with one attached hydrogen (secondary N) is 1. The van der Waals surface area contributed by atoms with E-state index in [2.05, 4.69) is 5.32 Å². The zero-order valence-corrected chi connectivity index (χ0v) is 13.7. The molecular weight excluding hydrogens is 294 g/mol. The lowest BCUT2D eigenvalue weighted by Crippen LogP contribution is -2.19. The molecule has 0 aliphatic carbocycles. The van der Waals surface area contributed by atoms with Crippen molar-refractivity contribution in [1.82, 2.24) is 5.32 Å². The van der Waals surface area contributed by atoms with E-state index >= 15 is 0 Å². The Morgan fingerprint density at radius 3 is 2.48 bits per heavy atom. The van der Waals surface area contributed by atoms with Gasteiger partial charge in [0.2, 0.25) is 5.91 Å². The van der Waals surface area contributed by atoms with E-state index in [9.17, 15) is 14.7 Å². The van der Waals surface area contributed by atoms with Gasteiger partial charge in [-0.25, -0.2) is 4.79 Å². The lowest BCUT2D eigenvalue weighted by atomic mass is 9.95. The summed E-state index contributed by atoms with van der Waals surface area (Å²) in [6.07, 6.45) is 3.53. The van der Waals surface area contributed by atoms with Crippen LogP contribution in [0.1, 0.15) is 24.8 Å². The minimum Gasteiger partial charge on any atom is -0.478 e. The lowest BCUT2D eigenvalue weighted by molar-refractivity contribution is -0.132. The summed E-state index contributed by atoms with van der Waals surface area (Å²) in [7, 11) is 3.13. The van der Waals surface area contributed by atoms with Crippen LogP contribution in [-0.4, -0.2) is 37.7 Å². The molecule has 0 spiro atoms. The Morgan fingerprint density at radius 2 is 1.96 bits per heavy atom. The average Bonchev–Trinajstić information content (AvgIpc) is 2.56. The number of methoxy groups -OCH3 is 1. The van der Waals surface area contributed by atoms with Crippen LogP contribution in [0.25, 0.3) is 0 Å². The van der Waals surface area contributed by atoms with Crippen molar-refractivity contribution in [2.45, 2.75) is 19.3 Å². The van der Waals surface area contributed by atoms with Gasteiger partial charge >= 0.3 is 5.97 Å². The van der Waals surface area contributed by atoms with Crippen molar-refractivity contribution < 1.29 is 19.4 Å². The third kappa shape index (κ3) is 6.08. The summed E-state index contributed by atoms with van der Waals surface area (Å²) < 4.78 is 5.23. The number of likely N-dealkylation sites (N-methyl/N-ethyl adjacent to an activating group) is 1. The Kier molecular flexibility index (Phi) is 7.77. The molecule has 2 N–H and O–H groups in total. The molecule has 1 atom stereocenters. The minimum atomic E-state index is -1.06. The minimum absolute atomic E-state index is 0.0595. The molecular formula is C18H23NO4. The normalized spacial score (nSPS) is 13.5. The van der Waals surface area contributed by atoms with Crippen LogP contribution in [0, 0.1) is 0 Å². The number of hydrogen-bond acceptors (Lipinski definition) is 3. The third-order valence-electron chi connectivity index (χ3n) is 3.47.